The Kier molecular flexibility index (Phi) is 3.18. The zero-order chi connectivity index (χ0) is 14.1. The molecular weight excluding hydrogens is 250 g/mol. The number of hydrogen-bond donors (Lipinski definition) is 2. The molecule has 0 atom stereocenters. The molecule has 3 rings (SSSR count). The molecule has 0 aliphatic heterocycles. The van der Waals surface area contributed by atoms with Gasteiger partial charge in [0.2, 0.25) is 0 Å². The van der Waals surface area contributed by atoms with Gasteiger partial charge in [0.15, 0.2) is 0 Å². The molecule has 0 spiro atoms. The lowest BCUT2D eigenvalue weighted by molar-refractivity contribution is 0.712. The van der Waals surface area contributed by atoms with Gasteiger partial charge < -0.3 is 5.32 Å². The van der Waals surface area contributed by atoms with E-state index < -0.39 is 0 Å². The first-order chi connectivity index (χ1) is 9.63. The number of nitrogens with zero attached hydrogens (tertiary/aromatic N) is 3. The number of rotatable bonds is 4. The fourth-order valence-corrected chi connectivity index (χ4v) is 2.42. The molecule has 0 saturated heterocycles. The average molecular weight is 269 g/mol. The Morgan fingerprint density at radius 1 is 1.35 bits per heavy atom. The van der Waals surface area contributed by atoms with Crippen molar-refractivity contribution in [1.29, 1.82) is 0 Å². The highest BCUT2D eigenvalue weighted by Gasteiger charge is 2.11. The zero-order valence-corrected chi connectivity index (χ0v) is 12.0. The average Bonchev–Trinajstić information content (AvgIpc) is 3.01. The van der Waals surface area contributed by atoms with E-state index in [1.165, 1.54) is 5.56 Å². The van der Waals surface area contributed by atoms with Gasteiger partial charge in [0.1, 0.15) is 0 Å². The van der Waals surface area contributed by atoms with E-state index in [2.05, 4.69) is 58.9 Å². The number of hydrogen-bond acceptors (Lipinski definition) is 3. The number of aromatic nitrogens is 4. The molecule has 0 amide bonds. The molecule has 5 nitrogen and oxygen atoms in total. The molecule has 0 unspecified atom stereocenters. The van der Waals surface area contributed by atoms with E-state index in [0.717, 1.165) is 28.8 Å². The van der Waals surface area contributed by atoms with Crippen LogP contribution in [-0.2, 0) is 13.6 Å². The van der Waals surface area contributed by atoms with Crippen LogP contribution in [0.2, 0.25) is 0 Å². The Morgan fingerprint density at radius 3 is 3.00 bits per heavy atom. The lowest BCUT2D eigenvalue weighted by Gasteiger charge is -2.08. The summed E-state index contributed by atoms with van der Waals surface area (Å²) in [6.07, 6.45) is 3.91. The summed E-state index contributed by atoms with van der Waals surface area (Å²) >= 11 is 0. The van der Waals surface area contributed by atoms with Crippen molar-refractivity contribution in [1.82, 2.24) is 20.0 Å². The topological polar surface area (TPSA) is 58.5 Å². The Bertz CT molecular complexity index is 723. The van der Waals surface area contributed by atoms with Crippen molar-refractivity contribution in [2.45, 2.75) is 26.3 Å². The first kappa shape index (κ1) is 12.7. The summed E-state index contributed by atoms with van der Waals surface area (Å²) < 4.78 is 1.88. The van der Waals surface area contributed by atoms with Crippen LogP contribution in [0.4, 0.5) is 5.69 Å². The predicted molar refractivity (Wildman–Crippen MR) is 80.7 cm³/mol. The number of nitrogens with one attached hydrogen (secondary N) is 2. The number of aryl methyl sites for hydroxylation is 1. The normalized spacial score (nSPS) is 11.4. The number of fused-ring (bicyclic) bond motifs is 1. The fraction of sp³-hybridized carbons (Fsp3) is 0.333. The Balaban J connectivity index is 1.78. The van der Waals surface area contributed by atoms with Crippen LogP contribution in [0.1, 0.15) is 31.0 Å². The van der Waals surface area contributed by atoms with Gasteiger partial charge in [-0.2, -0.15) is 10.2 Å². The third kappa shape index (κ3) is 2.39. The van der Waals surface area contributed by atoms with Crippen molar-refractivity contribution in [3.63, 3.8) is 0 Å². The molecule has 0 aliphatic carbocycles. The Hall–Kier alpha value is -2.30. The molecule has 2 aromatic heterocycles. The van der Waals surface area contributed by atoms with Crippen molar-refractivity contribution in [3.05, 3.63) is 41.9 Å². The summed E-state index contributed by atoms with van der Waals surface area (Å²) in [5, 5.41) is 16.1. The molecule has 3 aromatic rings. The minimum absolute atomic E-state index is 0.433. The molecule has 0 fully saturated rings. The summed E-state index contributed by atoms with van der Waals surface area (Å²) in [4.78, 5) is 0. The Labute approximate surface area is 118 Å². The molecule has 5 heteroatoms. The van der Waals surface area contributed by atoms with Gasteiger partial charge in [-0.15, -0.1) is 0 Å². The molecule has 0 bridgehead atoms. The highest BCUT2D eigenvalue weighted by atomic mass is 15.3. The third-order valence-electron chi connectivity index (χ3n) is 3.41. The summed E-state index contributed by atoms with van der Waals surface area (Å²) in [6.45, 7) is 5.12. The van der Waals surface area contributed by atoms with Crippen LogP contribution in [0.3, 0.4) is 0 Å². The monoisotopic (exact) mass is 269 g/mol. The number of benzene rings is 1. The number of anilines is 1. The SMILES string of the molecule is CC(C)c1nn(C)cc1CNc1ccc2cn[nH]c2c1. The smallest absolute Gasteiger partial charge is 0.0699 e. The van der Waals surface area contributed by atoms with E-state index >= 15 is 0 Å². The number of aromatic amines is 1. The minimum atomic E-state index is 0.433. The van der Waals surface area contributed by atoms with E-state index in [0.29, 0.717) is 5.92 Å². The molecule has 2 heterocycles. The molecular formula is C15H19N5. The van der Waals surface area contributed by atoms with Crippen LogP contribution in [0.15, 0.2) is 30.6 Å². The summed E-state index contributed by atoms with van der Waals surface area (Å²) in [5.41, 5.74) is 4.53. The van der Waals surface area contributed by atoms with Crippen LogP contribution in [-0.4, -0.2) is 20.0 Å². The molecule has 0 saturated carbocycles. The van der Waals surface area contributed by atoms with Crippen LogP contribution in [0, 0.1) is 0 Å². The van der Waals surface area contributed by atoms with Crippen molar-refractivity contribution >= 4 is 16.6 Å². The second kappa shape index (κ2) is 5.00. The second-order valence-corrected chi connectivity index (χ2v) is 5.39. The van der Waals surface area contributed by atoms with Crippen molar-refractivity contribution < 1.29 is 0 Å². The molecule has 0 radical (unpaired) electrons. The van der Waals surface area contributed by atoms with Gasteiger partial charge in [-0.25, -0.2) is 0 Å². The lowest BCUT2D eigenvalue weighted by Crippen LogP contribution is -2.02. The summed E-state index contributed by atoms with van der Waals surface area (Å²) in [5.74, 6) is 0.433. The van der Waals surface area contributed by atoms with Gasteiger partial charge >= 0.3 is 0 Å². The molecule has 20 heavy (non-hydrogen) atoms. The first-order valence-corrected chi connectivity index (χ1v) is 6.83. The van der Waals surface area contributed by atoms with Gasteiger partial charge in [0, 0.05) is 36.4 Å². The maximum atomic E-state index is 4.52. The fourth-order valence-electron chi connectivity index (χ4n) is 2.42. The second-order valence-electron chi connectivity index (χ2n) is 5.39. The van der Waals surface area contributed by atoms with Gasteiger partial charge in [-0.1, -0.05) is 13.8 Å². The highest BCUT2D eigenvalue weighted by Crippen LogP contribution is 2.20. The van der Waals surface area contributed by atoms with Gasteiger partial charge in [0.25, 0.3) is 0 Å². The molecule has 0 aliphatic rings. The van der Waals surface area contributed by atoms with Gasteiger partial charge in [-0.05, 0) is 24.1 Å². The van der Waals surface area contributed by atoms with Gasteiger partial charge in [-0.3, -0.25) is 9.78 Å². The van der Waals surface area contributed by atoms with Crippen molar-refractivity contribution in [3.8, 4) is 0 Å². The standard InChI is InChI=1S/C15H19N5/c1-10(2)15-12(9-20(3)19-15)7-16-13-5-4-11-8-17-18-14(11)6-13/h4-6,8-10,16H,7H2,1-3H3,(H,17,18). The van der Waals surface area contributed by atoms with E-state index in [4.69, 9.17) is 0 Å². The van der Waals surface area contributed by atoms with Crippen LogP contribution in [0.25, 0.3) is 10.9 Å². The third-order valence-corrected chi connectivity index (χ3v) is 3.41. The first-order valence-electron chi connectivity index (χ1n) is 6.83. The minimum Gasteiger partial charge on any atom is -0.381 e. The summed E-state index contributed by atoms with van der Waals surface area (Å²) in [6, 6.07) is 6.21. The van der Waals surface area contributed by atoms with Crippen LogP contribution < -0.4 is 5.32 Å². The maximum absolute atomic E-state index is 4.52. The number of H-pyrrole nitrogens is 1. The van der Waals surface area contributed by atoms with E-state index in [1.807, 2.05) is 17.9 Å². The quantitative estimate of drug-likeness (QED) is 0.765. The van der Waals surface area contributed by atoms with Crippen molar-refractivity contribution in [2.75, 3.05) is 5.32 Å². The van der Waals surface area contributed by atoms with E-state index in [-0.39, 0.29) is 0 Å². The maximum Gasteiger partial charge on any atom is 0.0699 e. The molecule has 104 valence electrons. The van der Waals surface area contributed by atoms with Crippen LogP contribution in [0.5, 0.6) is 0 Å². The van der Waals surface area contributed by atoms with Gasteiger partial charge in [0.05, 0.1) is 17.4 Å². The largest absolute Gasteiger partial charge is 0.381 e. The highest BCUT2D eigenvalue weighted by molar-refractivity contribution is 5.81. The Morgan fingerprint density at radius 2 is 2.20 bits per heavy atom. The molecule has 1 aromatic carbocycles. The lowest BCUT2D eigenvalue weighted by atomic mass is 10.1. The zero-order valence-electron chi connectivity index (χ0n) is 12.0. The predicted octanol–water partition coefficient (Wildman–Crippen LogP) is 3.03. The summed E-state index contributed by atoms with van der Waals surface area (Å²) in [7, 11) is 1.96. The van der Waals surface area contributed by atoms with Crippen molar-refractivity contribution in [2.24, 2.45) is 7.05 Å². The van der Waals surface area contributed by atoms with E-state index in [1.54, 1.807) is 0 Å². The molecule has 2 N–H and O–H groups in total. The van der Waals surface area contributed by atoms with Crippen LogP contribution >= 0.6 is 0 Å². The van der Waals surface area contributed by atoms with E-state index in [9.17, 15) is 0 Å².